The third kappa shape index (κ3) is 2.24. The first kappa shape index (κ1) is 10.7. The van der Waals surface area contributed by atoms with E-state index >= 15 is 0 Å². The van der Waals surface area contributed by atoms with Crippen molar-refractivity contribution in [3.63, 3.8) is 0 Å². The number of aromatic nitrogens is 1. The predicted molar refractivity (Wildman–Crippen MR) is 63.6 cm³/mol. The van der Waals surface area contributed by atoms with Crippen LogP contribution in [0.3, 0.4) is 0 Å². The van der Waals surface area contributed by atoms with Gasteiger partial charge >= 0.3 is 0 Å². The smallest absolute Gasteiger partial charge is 0.283 e. The SMILES string of the molecule is Cc1cc(/C=C2\C=CCCC2)n(O)c(=O)c1. The molecule has 84 valence electrons. The van der Waals surface area contributed by atoms with Crippen molar-refractivity contribution in [2.24, 2.45) is 0 Å². The Morgan fingerprint density at radius 2 is 2.25 bits per heavy atom. The lowest BCUT2D eigenvalue weighted by molar-refractivity contribution is 0.172. The fraction of sp³-hybridized carbons (Fsp3) is 0.308. The van der Waals surface area contributed by atoms with E-state index in [-0.39, 0.29) is 5.56 Å². The minimum Gasteiger partial charge on any atom is -0.425 e. The van der Waals surface area contributed by atoms with Gasteiger partial charge < -0.3 is 5.21 Å². The minimum absolute atomic E-state index is 0.383. The molecule has 0 aliphatic heterocycles. The number of rotatable bonds is 1. The molecule has 1 N–H and O–H groups in total. The molecular weight excluding hydrogens is 202 g/mol. The lowest BCUT2D eigenvalue weighted by Gasteiger charge is -2.08. The largest absolute Gasteiger partial charge is 0.425 e. The Hall–Kier alpha value is -1.77. The van der Waals surface area contributed by atoms with Crippen LogP contribution in [-0.4, -0.2) is 9.94 Å². The Balaban J connectivity index is 2.44. The summed E-state index contributed by atoms with van der Waals surface area (Å²) in [6.45, 7) is 1.85. The quantitative estimate of drug-likeness (QED) is 0.734. The van der Waals surface area contributed by atoms with Crippen molar-refractivity contribution in [2.45, 2.75) is 26.2 Å². The van der Waals surface area contributed by atoms with Gasteiger partial charge in [-0.3, -0.25) is 4.79 Å². The van der Waals surface area contributed by atoms with Crippen LogP contribution in [-0.2, 0) is 0 Å². The van der Waals surface area contributed by atoms with Gasteiger partial charge in [0, 0.05) is 6.07 Å². The molecule has 0 saturated heterocycles. The van der Waals surface area contributed by atoms with Crippen LogP contribution >= 0.6 is 0 Å². The molecule has 0 bridgehead atoms. The van der Waals surface area contributed by atoms with Crippen LogP contribution in [0.1, 0.15) is 30.5 Å². The summed E-state index contributed by atoms with van der Waals surface area (Å²) in [4.78, 5) is 11.4. The van der Waals surface area contributed by atoms with Crippen LogP contribution in [0.5, 0.6) is 0 Å². The fourth-order valence-electron chi connectivity index (χ4n) is 1.87. The number of hydrogen-bond acceptors (Lipinski definition) is 2. The number of aryl methyl sites for hydroxylation is 1. The summed E-state index contributed by atoms with van der Waals surface area (Å²) < 4.78 is 0.697. The van der Waals surface area contributed by atoms with Crippen LogP contribution in [0.2, 0.25) is 0 Å². The summed E-state index contributed by atoms with van der Waals surface area (Å²) >= 11 is 0. The second kappa shape index (κ2) is 4.39. The summed E-state index contributed by atoms with van der Waals surface area (Å²) in [6.07, 6.45) is 9.27. The maximum absolute atomic E-state index is 11.4. The zero-order valence-corrected chi connectivity index (χ0v) is 9.31. The normalized spacial score (nSPS) is 17.9. The van der Waals surface area contributed by atoms with E-state index in [4.69, 9.17) is 0 Å². The van der Waals surface area contributed by atoms with Crippen molar-refractivity contribution < 1.29 is 5.21 Å². The van der Waals surface area contributed by atoms with E-state index in [2.05, 4.69) is 12.2 Å². The molecule has 0 amide bonds. The van der Waals surface area contributed by atoms with E-state index in [9.17, 15) is 10.0 Å². The highest BCUT2D eigenvalue weighted by molar-refractivity contribution is 5.53. The highest BCUT2D eigenvalue weighted by Crippen LogP contribution is 2.18. The number of hydrogen-bond donors (Lipinski definition) is 1. The second-order valence-electron chi connectivity index (χ2n) is 4.12. The second-order valence-corrected chi connectivity index (χ2v) is 4.12. The first-order valence-corrected chi connectivity index (χ1v) is 5.47. The van der Waals surface area contributed by atoms with Gasteiger partial charge in [0.15, 0.2) is 0 Å². The lowest BCUT2D eigenvalue weighted by atomic mass is 10.0. The highest BCUT2D eigenvalue weighted by Gasteiger charge is 2.04. The average molecular weight is 217 g/mol. The summed E-state index contributed by atoms with van der Waals surface area (Å²) in [6, 6.07) is 3.22. The molecular formula is C13H15NO2. The van der Waals surface area contributed by atoms with Gasteiger partial charge in [-0.25, -0.2) is 0 Å². The van der Waals surface area contributed by atoms with Crippen molar-refractivity contribution in [1.29, 1.82) is 0 Å². The first-order valence-electron chi connectivity index (χ1n) is 5.47. The Morgan fingerprint density at radius 1 is 1.44 bits per heavy atom. The van der Waals surface area contributed by atoms with Gasteiger partial charge in [0.25, 0.3) is 5.56 Å². The molecule has 0 saturated carbocycles. The Kier molecular flexibility index (Phi) is 2.95. The third-order valence-electron chi connectivity index (χ3n) is 2.68. The Labute approximate surface area is 94.3 Å². The monoisotopic (exact) mass is 217 g/mol. The van der Waals surface area contributed by atoms with Crippen LogP contribution < -0.4 is 5.56 Å². The van der Waals surface area contributed by atoms with Gasteiger partial charge in [-0.1, -0.05) is 12.2 Å². The minimum atomic E-state index is -0.383. The summed E-state index contributed by atoms with van der Waals surface area (Å²) in [5.74, 6) is 0. The molecule has 0 aromatic carbocycles. The summed E-state index contributed by atoms with van der Waals surface area (Å²) in [5, 5.41) is 9.59. The van der Waals surface area contributed by atoms with Crippen LogP contribution in [0.4, 0.5) is 0 Å². The van der Waals surface area contributed by atoms with Crippen molar-refractivity contribution in [1.82, 2.24) is 4.73 Å². The summed E-state index contributed by atoms with van der Waals surface area (Å²) in [5.41, 5.74) is 2.18. The van der Waals surface area contributed by atoms with E-state index in [0.717, 1.165) is 30.4 Å². The molecule has 16 heavy (non-hydrogen) atoms. The van der Waals surface area contributed by atoms with Crippen LogP contribution in [0, 0.1) is 6.92 Å². The van der Waals surface area contributed by atoms with Gasteiger partial charge in [0.2, 0.25) is 0 Å². The Morgan fingerprint density at radius 3 is 2.94 bits per heavy atom. The average Bonchev–Trinajstić information content (AvgIpc) is 2.27. The fourth-order valence-corrected chi connectivity index (χ4v) is 1.87. The van der Waals surface area contributed by atoms with E-state index in [1.165, 1.54) is 6.07 Å². The number of pyridine rings is 1. The maximum Gasteiger partial charge on any atom is 0.283 e. The van der Waals surface area contributed by atoms with Crippen LogP contribution in [0.25, 0.3) is 6.08 Å². The molecule has 0 fully saturated rings. The summed E-state index contributed by atoms with van der Waals surface area (Å²) in [7, 11) is 0. The van der Waals surface area contributed by atoms with Gasteiger partial charge in [-0.2, -0.15) is 0 Å². The first-order chi connectivity index (χ1) is 7.66. The molecule has 0 radical (unpaired) electrons. The molecule has 0 spiro atoms. The molecule has 0 unspecified atom stereocenters. The molecule has 0 atom stereocenters. The van der Waals surface area contributed by atoms with Gasteiger partial charge in [-0.05, 0) is 49.5 Å². The van der Waals surface area contributed by atoms with E-state index in [0.29, 0.717) is 10.4 Å². The zero-order chi connectivity index (χ0) is 11.5. The lowest BCUT2D eigenvalue weighted by Crippen LogP contribution is -2.19. The molecule has 3 heteroatoms. The van der Waals surface area contributed by atoms with Gasteiger partial charge in [-0.15, -0.1) is 4.73 Å². The van der Waals surface area contributed by atoms with Crippen LogP contribution in [0.15, 0.2) is 34.7 Å². The maximum atomic E-state index is 11.4. The van der Waals surface area contributed by atoms with Crippen molar-refractivity contribution >= 4 is 6.08 Å². The zero-order valence-electron chi connectivity index (χ0n) is 9.31. The molecule has 1 heterocycles. The van der Waals surface area contributed by atoms with Gasteiger partial charge in [0.1, 0.15) is 0 Å². The van der Waals surface area contributed by atoms with Crippen molar-refractivity contribution in [3.05, 3.63) is 51.5 Å². The van der Waals surface area contributed by atoms with Gasteiger partial charge in [0.05, 0.1) is 5.69 Å². The molecule has 3 nitrogen and oxygen atoms in total. The van der Waals surface area contributed by atoms with E-state index in [1.54, 1.807) is 6.07 Å². The van der Waals surface area contributed by atoms with Crippen molar-refractivity contribution in [2.75, 3.05) is 0 Å². The third-order valence-corrected chi connectivity index (χ3v) is 2.68. The molecule has 1 aliphatic rings. The molecule has 1 aliphatic carbocycles. The molecule has 1 aromatic heterocycles. The van der Waals surface area contributed by atoms with Crippen molar-refractivity contribution in [3.8, 4) is 0 Å². The molecule has 1 aromatic rings. The predicted octanol–water partition coefficient (Wildman–Crippen LogP) is 2.52. The number of allylic oxidation sites excluding steroid dienone is 3. The molecule has 2 rings (SSSR count). The standard InChI is InChI=1S/C13H15NO2/c1-10-7-12(14(16)13(15)8-10)9-11-5-3-2-4-6-11/h3,5,7-9,16H,2,4,6H2,1H3/b11-9+. The highest BCUT2D eigenvalue weighted by atomic mass is 16.5. The van der Waals surface area contributed by atoms with E-state index in [1.807, 2.05) is 13.0 Å². The Bertz CT molecular complexity index is 509. The van der Waals surface area contributed by atoms with E-state index < -0.39 is 0 Å². The number of nitrogens with zero attached hydrogens (tertiary/aromatic N) is 1. The topological polar surface area (TPSA) is 42.2 Å².